The fraction of sp³-hybridized carbons (Fsp3) is 0.800. The van der Waals surface area contributed by atoms with Crippen LogP contribution in [0.25, 0.3) is 0 Å². The molecule has 0 saturated carbocycles. The molecular formula is C5H10NO-. The van der Waals surface area contributed by atoms with E-state index in [2.05, 4.69) is 7.05 Å². The summed E-state index contributed by atoms with van der Waals surface area (Å²) >= 11 is 0. The molecule has 0 spiro atoms. The summed E-state index contributed by atoms with van der Waals surface area (Å²) in [7, 11) is 3.71. The highest BCUT2D eigenvalue weighted by atomic mass is 16.5. The molecule has 0 aromatic carbocycles. The molecule has 0 atom stereocenters. The van der Waals surface area contributed by atoms with Gasteiger partial charge in [0.2, 0.25) is 0 Å². The zero-order valence-electron chi connectivity index (χ0n) is 4.39. The van der Waals surface area contributed by atoms with E-state index in [1.807, 2.05) is 4.90 Å². The fourth-order valence-corrected chi connectivity index (χ4v) is 0.648. The van der Waals surface area contributed by atoms with Crippen molar-refractivity contribution in [2.45, 2.75) is 6.42 Å². The minimum Gasteiger partial charge on any atom is -0.437 e. The molecule has 1 saturated heterocycles. The highest BCUT2D eigenvalue weighted by Gasteiger charge is 1.96. The minimum absolute atomic E-state index is 0.708. The Kier molecular flexibility index (Phi) is 1.65. The summed E-state index contributed by atoms with van der Waals surface area (Å²) in [6.45, 7) is 2.70. The van der Waals surface area contributed by atoms with Gasteiger partial charge in [-0.2, -0.15) is 0 Å². The van der Waals surface area contributed by atoms with Gasteiger partial charge in [0.15, 0.2) is 0 Å². The van der Waals surface area contributed by atoms with Crippen LogP contribution in [0.1, 0.15) is 6.42 Å². The Morgan fingerprint density at radius 1 is 1.57 bits per heavy atom. The first-order valence-corrected chi connectivity index (χ1v) is 2.53. The largest absolute Gasteiger partial charge is 0.437 e. The lowest BCUT2D eigenvalue weighted by Crippen LogP contribution is -2.27. The van der Waals surface area contributed by atoms with Gasteiger partial charge in [0.25, 0.3) is 0 Å². The Bertz CT molecular complexity index is 50.0. The zero-order chi connectivity index (χ0) is 5.11. The van der Waals surface area contributed by atoms with E-state index in [1.54, 1.807) is 0 Å². The van der Waals surface area contributed by atoms with E-state index in [9.17, 15) is 0 Å². The lowest BCUT2D eigenvalue weighted by atomic mass is 10.4. The van der Waals surface area contributed by atoms with Crippen LogP contribution in [0.15, 0.2) is 0 Å². The molecule has 1 heterocycles. The van der Waals surface area contributed by atoms with Crippen LogP contribution in [0.3, 0.4) is 0 Å². The molecule has 0 aromatic rings. The quantitative estimate of drug-likeness (QED) is 0.410. The second kappa shape index (κ2) is 2.28. The van der Waals surface area contributed by atoms with Crippen LogP contribution < -0.4 is 0 Å². The third kappa shape index (κ3) is 1.45. The van der Waals surface area contributed by atoms with E-state index in [-0.39, 0.29) is 0 Å². The van der Waals surface area contributed by atoms with Crippen LogP contribution in [0.5, 0.6) is 0 Å². The van der Waals surface area contributed by atoms with Crippen molar-refractivity contribution in [1.29, 1.82) is 0 Å². The number of rotatable bonds is 0. The summed E-state index contributed by atoms with van der Waals surface area (Å²) in [6, 6.07) is 0. The number of nitrogens with zero attached hydrogens (tertiary/aromatic N) is 1. The molecule has 2 heteroatoms. The Morgan fingerprint density at radius 3 is 2.71 bits per heavy atom. The van der Waals surface area contributed by atoms with Crippen LogP contribution in [0, 0.1) is 7.05 Å². The summed E-state index contributed by atoms with van der Waals surface area (Å²) in [5, 5.41) is 0. The monoisotopic (exact) mass is 100 g/mol. The molecule has 2 nitrogen and oxygen atoms in total. The molecule has 42 valence electrons. The lowest BCUT2D eigenvalue weighted by molar-refractivity contribution is 0.0109. The number of hydrogen-bond acceptors (Lipinski definition) is 2. The molecule has 0 bridgehead atoms. The molecule has 7 heavy (non-hydrogen) atoms. The molecule has 0 amide bonds. The lowest BCUT2D eigenvalue weighted by Gasteiger charge is -2.28. The van der Waals surface area contributed by atoms with Crippen molar-refractivity contribution in [1.82, 2.24) is 4.90 Å². The molecule has 0 aromatic heterocycles. The second-order valence-corrected chi connectivity index (χ2v) is 1.79. The van der Waals surface area contributed by atoms with Crippen molar-refractivity contribution in [2.24, 2.45) is 0 Å². The molecule has 1 rings (SSSR count). The van der Waals surface area contributed by atoms with Gasteiger partial charge in [-0.05, 0) is 13.0 Å². The van der Waals surface area contributed by atoms with Gasteiger partial charge in [-0.3, -0.25) is 7.05 Å². The second-order valence-electron chi connectivity index (χ2n) is 1.79. The fourth-order valence-electron chi connectivity index (χ4n) is 0.648. The SMILES string of the molecule is [CH2-]N1CCCOC1. The Hall–Kier alpha value is -0.0800. The first-order valence-electron chi connectivity index (χ1n) is 2.53. The summed E-state index contributed by atoms with van der Waals surface area (Å²) in [4.78, 5) is 1.92. The first kappa shape index (κ1) is 5.06. The van der Waals surface area contributed by atoms with E-state index < -0.39 is 0 Å². The normalized spacial score (nSPS) is 25.3. The maximum Gasteiger partial charge on any atom is 0.0719 e. The van der Waals surface area contributed by atoms with Gasteiger partial charge in [-0.15, -0.1) is 0 Å². The molecular weight excluding hydrogens is 90.1 g/mol. The molecule has 0 aliphatic carbocycles. The van der Waals surface area contributed by atoms with Gasteiger partial charge in [-0.25, -0.2) is 0 Å². The van der Waals surface area contributed by atoms with Crippen molar-refractivity contribution in [3.8, 4) is 0 Å². The topological polar surface area (TPSA) is 12.5 Å². The van der Waals surface area contributed by atoms with E-state index in [1.165, 1.54) is 0 Å². The summed E-state index contributed by atoms with van der Waals surface area (Å²) in [5.41, 5.74) is 0. The standard InChI is InChI=1S/C5H10NO/c1-6-3-2-4-7-5-6/h1-5H2/q-1. The van der Waals surface area contributed by atoms with E-state index >= 15 is 0 Å². The predicted octanol–water partition coefficient (Wildman–Crippen LogP) is 0.458. The minimum atomic E-state index is 0.708. The molecule has 1 aliphatic rings. The van der Waals surface area contributed by atoms with E-state index in [0.717, 1.165) is 19.6 Å². The van der Waals surface area contributed by atoms with Gasteiger partial charge in [0.1, 0.15) is 0 Å². The maximum absolute atomic E-state index is 5.05. The summed E-state index contributed by atoms with van der Waals surface area (Å²) in [6.07, 6.45) is 1.13. The molecule has 0 radical (unpaired) electrons. The Morgan fingerprint density at radius 2 is 2.43 bits per heavy atom. The summed E-state index contributed by atoms with van der Waals surface area (Å²) in [5.74, 6) is 0. The molecule has 1 aliphatic heterocycles. The first-order chi connectivity index (χ1) is 3.39. The summed E-state index contributed by atoms with van der Waals surface area (Å²) < 4.78 is 5.05. The van der Waals surface area contributed by atoms with Crippen LogP contribution in [0.2, 0.25) is 0 Å². The Balaban J connectivity index is 2.12. The number of ether oxygens (including phenoxy) is 1. The van der Waals surface area contributed by atoms with E-state index in [4.69, 9.17) is 4.74 Å². The van der Waals surface area contributed by atoms with Crippen molar-refractivity contribution >= 4 is 0 Å². The van der Waals surface area contributed by atoms with Gasteiger partial charge < -0.3 is 9.64 Å². The van der Waals surface area contributed by atoms with Crippen molar-refractivity contribution in [3.05, 3.63) is 7.05 Å². The van der Waals surface area contributed by atoms with Crippen LogP contribution in [-0.4, -0.2) is 24.8 Å². The maximum atomic E-state index is 5.05. The Labute approximate surface area is 44.1 Å². The van der Waals surface area contributed by atoms with Crippen molar-refractivity contribution < 1.29 is 4.74 Å². The highest BCUT2D eigenvalue weighted by molar-refractivity contribution is 4.53. The van der Waals surface area contributed by atoms with Crippen molar-refractivity contribution in [2.75, 3.05) is 19.9 Å². The average Bonchev–Trinajstić information content (AvgIpc) is 1.69. The van der Waals surface area contributed by atoms with Gasteiger partial charge in [-0.1, -0.05) is 0 Å². The van der Waals surface area contributed by atoms with Crippen LogP contribution in [-0.2, 0) is 4.74 Å². The third-order valence-electron chi connectivity index (χ3n) is 1.04. The average molecular weight is 100 g/mol. The number of hydrogen-bond donors (Lipinski definition) is 0. The molecule has 1 fully saturated rings. The predicted molar refractivity (Wildman–Crippen MR) is 27.5 cm³/mol. The van der Waals surface area contributed by atoms with Crippen LogP contribution in [0.4, 0.5) is 0 Å². The van der Waals surface area contributed by atoms with Gasteiger partial charge in [0, 0.05) is 6.61 Å². The van der Waals surface area contributed by atoms with E-state index in [0.29, 0.717) is 6.73 Å². The smallest absolute Gasteiger partial charge is 0.0719 e. The van der Waals surface area contributed by atoms with Crippen LogP contribution >= 0.6 is 0 Å². The third-order valence-corrected chi connectivity index (χ3v) is 1.04. The molecule has 0 N–H and O–H groups in total. The highest BCUT2D eigenvalue weighted by Crippen LogP contribution is 1.96. The van der Waals surface area contributed by atoms with Gasteiger partial charge >= 0.3 is 0 Å². The van der Waals surface area contributed by atoms with Gasteiger partial charge in [0.05, 0.1) is 6.73 Å². The van der Waals surface area contributed by atoms with Crippen molar-refractivity contribution in [3.63, 3.8) is 0 Å². The zero-order valence-corrected chi connectivity index (χ0v) is 4.39. The molecule has 0 unspecified atom stereocenters.